The van der Waals surface area contributed by atoms with Crippen molar-refractivity contribution in [3.63, 3.8) is 0 Å². The second-order valence-electron chi connectivity index (χ2n) is 7.72. The third-order valence-electron chi connectivity index (χ3n) is 5.18. The molecular weight excluding hydrogens is 424 g/mol. The zero-order chi connectivity index (χ0) is 23.6. The molecule has 0 unspecified atom stereocenters. The molecule has 9 heteroatoms. The summed E-state index contributed by atoms with van der Waals surface area (Å²) in [6.07, 6.45) is 3.74. The summed E-state index contributed by atoms with van der Waals surface area (Å²) >= 11 is 0. The lowest BCUT2D eigenvalue weighted by molar-refractivity contribution is -0.152. The molecule has 1 saturated heterocycles. The number of amides is 1. The minimum absolute atomic E-state index is 0.0652. The summed E-state index contributed by atoms with van der Waals surface area (Å²) in [5, 5.41) is 0. The van der Waals surface area contributed by atoms with Crippen molar-refractivity contribution < 1.29 is 23.9 Å². The number of carbonyl (C=O) groups is 3. The molecule has 174 valence electrons. The number of ether oxygens (including phenoxy) is 2. The molecule has 1 aliphatic heterocycles. The van der Waals surface area contributed by atoms with E-state index in [-0.39, 0.29) is 24.9 Å². The highest BCUT2D eigenvalue weighted by Crippen LogP contribution is 2.18. The van der Waals surface area contributed by atoms with Gasteiger partial charge in [0.1, 0.15) is 5.75 Å². The molecule has 1 aliphatic rings. The molecule has 0 bridgehead atoms. The fourth-order valence-corrected chi connectivity index (χ4v) is 3.41. The molecule has 4 N–H and O–H groups in total. The van der Waals surface area contributed by atoms with Gasteiger partial charge in [-0.15, -0.1) is 0 Å². The van der Waals surface area contributed by atoms with Crippen molar-refractivity contribution in [3.8, 4) is 5.75 Å². The number of nitrogens with two attached hydrogens (primary N) is 2. The smallest absolute Gasteiger partial charge is 0.343 e. The van der Waals surface area contributed by atoms with Gasteiger partial charge in [0, 0.05) is 19.5 Å². The fourth-order valence-electron chi connectivity index (χ4n) is 3.41. The molecule has 0 saturated carbocycles. The van der Waals surface area contributed by atoms with Gasteiger partial charge < -0.3 is 25.8 Å². The average molecular weight is 453 g/mol. The van der Waals surface area contributed by atoms with E-state index in [9.17, 15) is 14.4 Å². The molecule has 0 spiro atoms. The van der Waals surface area contributed by atoms with Crippen LogP contribution >= 0.6 is 0 Å². The van der Waals surface area contributed by atoms with Crippen molar-refractivity contribution in [2.24, 2.45) is 16.5 Å². The Morgan fingerprint density at radius 2 is 1.58 bits per heavy atom. The Morgan fingerprint density at radius 3 is 2.21 bits per heavy atom. The van der Waals surface area contributed by atoms with Gasteiger partial charge in [-0.2, -0.15) is 0 Å². The van der Waals surface area contributed by atoms with Gasteiger partial charge in [-0.25, -0.2) is 9.79 Å². The fraction of sp³-hybridized carbons (Fsp3) is 0.333. The highest BCUT2D eigenvalue weighted by atomic mass is 16.5. The number of hydrogen-bond donors (Lipinski definition) is 2. The number of likely N-dealkylation sites (tertiary alicyclic amines) is 1. The Balaban J connectivity index is 1.42. The summed E-state index contributed by atoms with van der Waals surface area (Å²) < 4.78 is 10.5. The highest BCUT2D eigenvalue weighted by Gasteiger charge is 2.18. The second kappa shape index (κ2) is 11.7. The summed E-state index contributed by atoms with van der Waals surface area (Å²) in [7, 11) is 0. The van der Waals surface area contributed by atoms with Crippen molar-refractivity contribution in [1.29, 1.82) is 0 Å². The van der Waals surface area contributed by atoms with Gasteiger partial charge in [0.25, 0.3) is 5.91 Å². The van der Waals surface area contributed by atoms with Crippen LogP contribution in [-0.2, 0) is 20.7 Å². The van der Waals surface area contributed by atoms with Crippen LogP contribution in [0.5, 0.6) is 5.75 Å². The first kappa shape index (κ1) is 23.8. The van der Waals surface area contributed by atoms with Crippen molar-refractivity contribution in [1.82, 2.24) is 4.90 Å². The van der Waals surface area contributed by atoms with Gasteiger partial charge in [-0.05, 0) is 67.6 Å². The van der Waals surface area contributed by atoms with E-state index >= 15 is 0 Å². The monoisotopic (exact) mass is 452 g/mol. The Hall–Kier alpha value is -3.88. The van der Waals surface area contributed by atoms with E-state index in [0.717, 1.165) is 37.9 Å². The number of benzene rings is 2. The molecule has 1 amide bonds. The minimum Gasteiger partial charge on any atom is -0.456 e. The lowest BCUT2D eigenvalue weighted by Gasteiger charge is -2.26. The molecule has 0 atom stereocenters. The first-order valence-corrected chi connectivity index (χ1v) is 10.8. The Kier molecular flexibility index (Phi) is 8.40. The summed E-state index contributed by atoms with van der Waals surface area (Å²) in [4.78, 5) is 42.0. The van der Waals surface area contributed by atoms with E-state index in [1.165, 1.54) is 0 Å². The largest absolute Gasteiger partial charge is 0.456 e. The van der Waals surface area contributed by atoms with Crippen LogP contribution in [0.15, 0.2) is 53.5 Å². The van der Waals surface area contributed by atoms with Gasteiger partial charge >= 0.3 is 11.9 Å². The number of carbonyl (C=O) groups excluding carboxylic acids is 3. The van der Waals surface area contributed by atoms with E-state index in [1.54, 1.807) is 53.4 Å². The SMILES string of the molecule is NC(N)=Nc1ccc(C(=O)Oc2ccc(CCC(=O)OCC(=O)N3CCCCC3)cc2)cc1. The van der Waals surface area contributed by atoms with E-state index in [4.69, 9.17) is 20.9 Å². The van der Waals surface area contributed by atoms with E-state index < -0.39 is 11.9 Å². The zero-order valence-corrected chi connectivity index (χ0v) is 18.4. The van der Waals surface area contributed by atoms with Crippen molar-refractivity contribution in [2.45, 2.75) is 32.1 Å². The molecule has 33 heavy (non-hydrogen) atoms. The predicted molar refractivity (Wildman–Crippen MR) is 123 cm³/mol. The molecule has 0 radical (unpaired) electrons. The Bertz CT molecular complexity index is 993. The van der Waals surface area contributed by atoms with Gasteiger partial charge in [0.05, 0.1) is 11.3 Å². The maximum absolute atomic E-state index is 12.3. The second-order valence-corrected chi connectivity index (χ2v) is 7.72. The third-order valence-corrected chi connectivity index (χ3v) is 5.18. The summed E-state index contributed by atoms with van der Waals surface area (Å²) in [6.45, 7) is 1.26. The molecule has 9 nitrogen and oxygen atoms in total. The number of nitrogens with zero attached hydrogens (tertiary/aromatic N) is 2. The molecule has 0 aromatic heterocycles. The lowest BCUT2D eigenvalue weighted by atomic mass is 10.1. The van der Waals surface area contributed by atoms with Crippen LogP contribution in [0.25, 0.3) is 0 Å². The molecule has 0 aliphatic carbocycles. The van der Waals surface area contributed by atoms with Crippen LogP contribution in [0.2, 0.25) is 0 Å². The molecule has 2 aromatic rings. The Morgan fingerprint density at radius 1 is 0.909 bits per heavy atom. The molecule has 2 aromatic carbocycles. The van der Waals surface area contributed by atoms with Crippen molar-refractivity contribution in [3.05, 3.63) is 59.7 Å². The van der Waals surface area contributed by atoms with Gasteiger partial charge in [-0.1, -0.05) is 12.1 Å². The quantitative estimate of drug-likeness (QED) is 0.271. The summed E-state index contributed by atoms with van der Waals surface area (Å²) in [6, 6.07) is 13.2. The first-order chi connectivity index (χ1) is 15.9. The standard InChI is InChI=1S/C24H28N4O5/c25-24(26)27-19-9-7-18(8-10-19)23(31)33-20-11-4-17(5-12-20)6-13-22(30)32-16-21(29)28-14-2-1-3-15-28/h4-5,7-12H,1-3,6,13-16H2,(H4,25,26,27). The minimum atomic E-state index is -0.513. The highest BCUT2D eigenvalue weighted by molar-refractivity contribution is 5.91. The number of rotatable bonds is 8. The average Bonchev–Trinajstić information content (AvgIpc) is 2.82. The summed E-state index contributed by atoms with van der Waals surface area (Å²) in [5.74, 6) is -0.752. The first-order valence-electron chi connectivity index (χ1n) is 10.8. The van der Waals surface area contributed by atoms with Gasteiger partial charge in [-0.3, -0.25) is 9.59 Å². The van der Waals surface area contributed by atoms with Crippen molar-refractivity contribution >= 4 is 29.5 Å². The van der Waals surface area contributed by atoms with Crippen molar-refractivity contribution in [2.75, 3.05) is 19.7 Å². The van der Waals surface area contributed by atoms with Crippen LogP contribution in [-0.4, -0.2) is 48.4 Å². The van der Waals surface area contributed by atoms with E-state index in [0.29, 0.717) is 23.4 Å². The number of hydrogen-bond acceptors (Lipinski definition) is 6. The number of esters is 2. The topological polar surface area (TPSA) is 137 Å². The lowest BCUT2D eigenvalue weighted by Crippen LogP contribution is -2.38. The van der Waals surface area contributed by atoms with Crippen LogP contribution < -0.4 is 16.2 Å². The number of aliphatic imine (C=N–C) groups is 1. The zero-order valence-electron chi connectivity index (χ0n) is 18.4. The van der Waals surface area contributed by atoms with Crippen LogP contribution in [0.3, 0.4) is 0 Å². The van der Waals surface area contributed by atoms with Gasteiger partial charge in [0.2, 0.25) is 0 Å². The van der Waals surface area contributed by atoms with E-state index in [2.05, 4.69) is 4.99 Å². The molecule has 1 fully saturated rings. The number of piperidine rings is 1. The Labute approximate surface area is 192 Å². The van der Waals surface area contributed by atoms with Crippen LogP contribution in [0, 0.1) is 0 Å². The molecular formula is C24H28N4O5. The molecule has 3 rings (SSSR count). The normalized spacial score (nSPS) is 13.2. The van der Waals surface area contributed by atoms with Crippen LogP contribution in [0.1, 0.15) is 41.6 Å². The van der Waals surface area contributed by atoms with Crippen LogP contribution in [0.4, 0.5) is 5.69 Å². The molecule has 1 heterocycles. The van der Waals surface area contributed by atoms with E-state index in [1.807, 2.05) is 0 Å². The number of guanidine groups is 1. The summed E-state index contributed by atoms with van der Waals surface area (Å²) in [5.41, 5.74) is 12.4. The maximum Gasteiger partial charge on any atom is 0.343 e. The predicted octanol–water partition coefficient (Wildman–Crippen LogP) is 2.30. The third kappa shape index (κ3) is 7.64. The maximum atomic E-state index is 12.3. The number of aryl methyl sites for hydroxylation is 1. The van der Waals surface area contributed by atoms with Gasteiger partial charge in [0.15, 0.2) is 12.6 Å².